The van der Waals surface area contributed by atoms with Crippen LogP contribution in [0.5, 0.6) is 11.5 Å². The van der Waals surface area contributed by atoms with Gasteiger partial charge in [0.1, 0.15) is 11.5 Å². The van der Waals surface area contributed by atoms with Crippen LogP contribution in [0, 0.1) is 0 Å². The van der Waals surface area contributed by atoms with Crippen molar-refractivity contribution in [1.82, 2.24) is 10.2 Å². The summed E-state index contributed by atoms with van der Waals surface area (Å²) in [6, 6.07) is 16.0. The fraction of sp³-hybridized carbons (Fsp3) is 0.480. The molecule has 0 radical (unpaired) electrons. The van der Waals surface area contributed by atoms with Crippen molar-refractivity contribution in [3.63, 3.8) is 0 Å². The van der Waals surface area contributed by atoms with Crippen molar-refractivity contribution in [2.24, 2.45) is 0 Å². The van der Waals surface area contributed by atoms with Gasteiger partial charge in [-0.3, -0.25) is 9.69 Å². The third kappa shape index (κ3) is 6.89. The van der Waals surface area contributed by atoms with Crippen LogP contribution in [0.3, 0.4) is 0 Å². The van der Waals surface area contributed by atoms with Crippen LogP contribution >= 0.6 is 0 Å². The number of carbonyl (C=O) groups excluding carboxylic acids is 1. The molecule has 1 fully saturated rings. The molecule has 1 saturated heterocycles. The van der Waals surface area contributed by atoms with E-state index < -0.39 is 0 Å². The number of benzene rings is 2. The Kier molecular flexibility index (Phi) is 9.03. The molecule has 0 aliphatic carbocycles. The number of anilines is 1. The minimum absolute atomic E-state index is 0.108. The summed E-state index contributed by atoms with van der Waals surface area (Å²) in [6.07, 6.45) is 3.72. The van der Waals surface area contributed by atoms with Crippen molar-refractivity contribution in [3.8, 4) is 11.5 Å². The lowest BCUT2D eigenvalue weighted by Crippen LogP contribution is -2.46. The first-order valence-corrected chi connectivity index (χ1v) is 11.2. The van der Waals surface area contributed by atoms with Gasteiger partial charge in [0.25, 0.3) is 0 Å². The van der Waals surface area contributed by atoms with E-state index in [2.05, 4.69) is 27.2 Å². The van der Waals surface area contributed by atoms with Crippen LogP contribution in [-0.2, 0) is 11.3 Å². The van der Waals surface area contributed by atoms with Gasteiger partial charge in [0.2, 0.25) is 5.91 Å². The average molecular weight is 426 g/mol. The largest absolute Gasteiger partial charge is 0.496 e. The van der Waals surface area contributed by atoms with E-state index >= 15 is 0 Å². The lowest BCUT2D eigenvalue weighted by Gasteiger charge is -2.36. The summed E-state index contributed by atoms with van der Waals surface area (Å²) in [6.45, 7) is 5.79. The van der Waals surface area contributed by atoms with Gasteiger partial charge in [0.05, 0.1) is 19.9 Å². The van der Waals surface area contributed by atoms with Gasteiger partial charge in [0, 0.05) is 44.7 Å². The van der Waals surface area contributed by atoms with E-state index in [1.807, 2.05) is 36.4 Å². The van der Waals surface area contributed by atoms with Crippen molar-refractivity contribution in [2.45, 2.75) is 32.2 Å². The SMILES string of the molecule is COc1ccccc1CNC(=O)CCCCCN1CCN(c2ccccc2OC)CC1. The minimum atomic E-state index is 0.108. The Bertz CT molecular complexity index is 819. The second kappa shape index (κ2) is 12.2. The molecule has 1 amide bonds. The maximum absolute atomic E-state index is 12.1. The number of piperazine rings is 1. The van der Waals surface area contributed by atoms with Gasteiger partial charge in [-0.05, 0) is 37.6 Å². The summed E-state index contributed by atoms with van der Waals surface area (Å²) in [4.78, 5) is 17.1. The molecule has 0 atom stereocenters. The second-order valence-corrected chi connectivity index (χ2v) is 7.90. The number of hydrogen-bond donors (Lipinski definition) is 1. The first kappa shape index (κ1) is 22.9. The first-order valence-electron chi connectivity index (χ1n) is 11.2. The highest BCUT2D eigenvalue weighted by Gasteiger charge is 2.19. The van der Waals surface area contributed by atoms with E-state index in [0.717, 1.165) is 69.0 Å². The number of hydrogen-bond acceptors (Lipinski definition) is 5. The minimum Gasteiger partial charge on any atom is -0.496 e. The van der Waals surface area contributed by atoms with Gasteiger partial charge >= 0.3 is 0 Å². The highest BCUT2D eigenvalue weighted by Crippen LogP contribution is 2.28. The summed E-state index contributed by atoms with van der Waals surface area (Å²) in [5.41, 5.74) is 2.19. The third-order valence-corrected chi connectivity index (χ3v) is 5.84. The van der Waals surface area contributed by atoms with Crippen LogP contribution in [0.1, 0.15) is 31.2 Å². The monoisotopic (exact) mass is 425 g/mol. The normalized spacial score (nSPS) is 14.3. The second-order valence-electron chi connectivity index (χ2n) is 7.90. The Morgan fingerprint density at radius 3 is 2.29 bits per heavy atom. The van der Waals surface area contributed by atoms with Gasteiger partial charge in [0.15, 0.2) is 0 Å². The molecule has 0 unspecified atom stereocenters. The van der Waals surface area contributed by atoms with Crippen LogP contribution in [0.2, 0.25) is 0 Å². The molecule has 168 valence electrons. The lowest BCUT2D eigenvalue weighted by molar-refractivity contribution is -0.121. The number of nitrogens with one attached hydrogen (secondary N) is 1. The van der Waals surface area contributed by atoms with E-state index in [-0.39, 0.29) is 5.91 Å². The smallest absolute Gasteiger partial charge is 0.220 e. The summed E-state index contributed by atoms with van der Waals surface area (Å²) >= 11 is 0. The highest BCUT2D eigenvalue weighted by molar-refractivity contribution is 5.75. The van der Waals surface area contributed by atoms with Crippen LogP contribution in [-0.4, -0.2) is 57.8 Å². The maximum atomic E-state index is 12.1. The molecule has 6 heteroatoms. The Labute approximate surface area is 186 Å². The number of ether oxygens (including phenoxy) is 2. The van der Waals surface area contributed by atoms with Crippen molar-refractivity contribution in [2.75, 3.05) is 51.8 Å². The molecule has 3 rings (SSSR count). The molecule has 1 N–H and O–H groups in total. The summed E-state index contributed by atoms with van der Waals surface area (Å²) in [5.74, 6) is 1.87. The summed E-state index contributed by atoms with van der Waals surface area (Å²) in [7, 11) is 3.38. The molecule has 0 spiro atoms. The molecule has 2 aromatic carbocycles. The Morgan fingerprint density at radius 2 is 1.55 bits per heavy atom. The number of unbranched alkanes of at least 4 members (excludes halogenated alkanes) is 2. The fourth-order valence-electron chi connectivity index (χ4n) is 4.03. The zero-order chi connectivity index (χ0) is 21.9. The number of carbonyl (C=O) groups is 1. The third-order valence-electron chi connectivity index (χ3n) is 5.84. The molecule has 31 heavy (non-hydrogen) atoms. The van der Waals surface area contributed by atoms with Crippen molar-refractivity contribution < 1.29 is 14.3 Å². The van der Waals surface area contributed by atoms with E-state index in [9.17, 15) is 4.79 Å². The van der Waals surface area contributed by atoms with Crippen molar-refractivity contribution >= 4 is 11.6 Å². The number of para-hydroxylation sites is 3. The maximum Gasteiger partial charge on any atom is 0.220 e. The Hall–Kier alpha value is -2.73. The van der Waals surface area contributed by atoms with E-state index in [1.54, 1.807) is 14.2 Å². The molecular formula is C25H35N3O3. The topological polar surface area (TPSA) is 54.0 Å². The van der Waals surface area contributed by atoms with Crippen LogP contribution in [0.4, 0.5) is 5.69 Å². The van der Waals surface area contributed by atoms with E-state index in [1.165, 1.54) is 5.69 Å². The molecule has 1 aliphatic rings. The van der Waals surface area contributed by atoms with Crippen molar-refractivity contribution in [1.29, 1.82) is 0 Å². The van der Waals surface area contributed by atoms with Gasteiger partial charge < -0.3 is 19.7 Å². The summed E-state index contributed by atoms with van der Waals surface area (Å²) in [5, 5.41) is 3.00. The molecule has 1 aliphatic heterocycles. The van der Waals surface area contributed by atoms with Gasteiger partial charge in [-0.2, -0.15) is 0 Å². The molecule has 0 bridgehead atoms. The van der Waals surface area contributed by atoms with Crippen molar-refractivity contribution in [3.05, 3.63) is 54.1 Å². The van der Waals surface area contributed by atoms with E-state index in [4.69, 9.17) is 9.47 Å². The van der Waals surface area contributed by atoms with Gasteiger partial charge in [-0.15, -0.1) is 0 Å². The molecule has 0 saturated carbocycles. The number of amides is 1. The zero-order valence-electron chi connectivity index (χ0n) is 18.8. The molecular weight excluding hydrogens is 390 g/mol. The Morgan fingerprint density at radius 1 is 0.871 bits per heavy atom. The van der Waals surface area contributed by atoms with E-state index in [0.29, 0.717) is 13.0 Å². The standard InChI is InChI=1S/C25H35N3O3/c1-30-23-12-7-5-10-21(23)20-26-25(29)14-4-3-9-15-27-16-18-28(19-17-27)22-11-6-8-13-24(22)31-2/h5-8,10-13H,3-4,9,14-20H2,1-2H3,(H,26,29). The average Bonchev–Trinajstić information content (AvgIpc) is 2.83. The summed E-state index contributed by atoms with van der Waals surface area (Å²) < 4.78 is 10.8. The predicted octanol–water partition coefficient (Wildman–Crippen LogP) is 3.70. The number of methoxy groups -OCH3 is 2. The van der Waals surface area contributed by atoms with Crippen LogP contribution in [0.15, 0.2) is 48.5 Å². The predicted molar refractivity (Wildman–Crippen MR) is 125 cm³/mol. The van der Waals surface area contributed by atoms with Crippen LogP contribution in [0.25, 0.3) is 0 Å². The lowest BCUT2D eigenvalue weighted by atomic mass is 10.1. The molecule has 2 aromatic rings. The first-order chi connectivity index (χ1) is 15.2. The highest BCUT2D eigenvalue weighted by atomic mass is 16.5. The quantitative estimate of drug-likeness (QED) is 0.557. The van der Waals surface area contributed by atoms with Gasteiger partial charge in [-0.25, -0.2) is 0 Å². The molecule has 0 aromatic heterocycles. The fourth-order valence-corrected chi connectivity index (χ4v) is 4.03. The zero-order valence-corrected chi connectivity index (χ0v) is 18.8. The Balaban J connectivity index is 1.27. The number of rotatable bonds is 11. The molecule has 6 nitrogen and oxygen atoms in total. The number of nitrogens with zero attached hydrogens (tertiary/aromatic N) is 2. The van der Waals surface area contributed by atoms with Crippen LogP contribution < -0.4 is 19.7 Å². The van der Waals surface area contributed by atoms with Gasteiger partial charge in [-0.1, -0.05) is 36.8 Å². The molecule has 1 heterocycles.